The molecule has 31 heteroatoms. The predicted molar refractivity (Wildman–Crippen MR) is 362 cm³/mol. The third-order valence-electron chi connectivity index (χ3n) is 9.88. The first-order chi connectivity index (χ1) is 42.5. The molecule has 480 valence electrons. The van der Waals surface area contributed by atoms with Crippen molar-refractivity contribution in [2.45, 2.75) is 41.5 Å². The summed E-state index contributed by atoms with van der Waals surface area (Å²) in [4.78, 5) is 79.3. The molecule has 3 aromatic heterocycles. The van der Waals surface area contributed by atoms with E-state index in [0.29, 0.717) is 83.8 Å². The number of methoxy groups -OCH3 is 3. The number of phenolic OH excluding ortho intramolecular Hbond substituents is 1. The number of aromatic carboxylic acids is 1. The van der Waals surface area contributed by atoms with Crippen molar-refractivity contribution in [2.75, 3.05) is 44.3 Å². The highest BCUT2D eigenvalue weighted by Gasteiger charge is 2.19. The fourth-order valence-electron chi connectivity index (χ4n) is 5.91. The molecule has 0 saturated carbocycles. The summed E-state index contributed by atoms with van der Waals surface area (Å²) in [6.45, 7) is 8.03. The third-order valence-corrected chi connectivity index (χ3v) is 10.9. The van der Waals surface area contributed by atoms with Crippen LogP contribution in [-0.4, -0.2) is 91.4 Å². The maximum atomic E-state index is 12.1. The van der Waals surface area contributed by atoms with E-state index in [4.69, 9.17) is 104 Å². The fraction of sp³-hybridized carbons (Fsp3) is 0.200. The molecule has 4 aromatic carbocycles. The number of hydrogen-bond donors (Lipinski definition) is 5. The Morgan fingerprint density at radius 3 is 1.31 bits per heavy atom. The van der Waals surface area contributed by atoms with Crippen LogP contribution in [0.1, 0.15) is 99.7 Å². The average molecular weight is 1540 g/mol. The van der Waals surface area contributed by atoms with Gasteiger partial charge in [0.2, 0.25) is 0 Å². The number of carboxylic acid groups (broad SMARTS) is 1. The normalized spacial score (nSPS) is 9.38. The Balaban J connectivity index is 0.00000108. The molecule has 91 heavy (non-hydrogen) atoms. The van der Waals surface area contributed by atoms with Crippen LogP contribution < -0.4 is 30.6 Å². The van der Waals surface area contributed by atoms with Gasteiger partial charge in [0, 0.05) is 56.7 Å². The third kappa shape index (κ3) is 34.5. The number of anilines is 3. The standard InChI is InChI=1S/C14H10ClN3O2.C13H8ClN3O2.C13H15ClO4.C8H7ClO3.C6H5N3.C5H9ClO2.CH4.BBr3/c1-20-12-4-3-10(15)6-11(12)14(19)18-13-5-2-9(7-16)8-17-13;14-9-2-3-11(18)10(5-9)13(19)17-12-4-1-8(6-15)7-16-12;1-8(2)6-12(15)18-13(16)10-7-9(14)4-5-11(10)17-3;1-12-7-3-2-5(9)4-6(7)8(10)11;7-3-5-1-2-6(8)9-4-5;1-4(2)3-8-5(6)7;;2-1(3)4/h2-6,8H,1H3,(H,17,18,19);1-5,7,18H,(H,16,17,19);4-5,7-8H,6H2,1-3H3;2-4H,1H3,(H,10,11);1-2,4H,(H2,8,9);4H,3H2,1-2H3;1H4;. The first-order valence-electron chi connectivity index (χ1n) is 25.2. The molecule has 0 aliphatic heterocycles. The Labute approximate surface area is 575 Å². The molecule has 0 atom stereocenters. The topological polar surface area (TPSA) is 349 Å². The minimum absolute atomic E-state index is 0. The number of carbonyl (C=O) groups is 6. The van der Waals surface area contributed by atoms with Gasteiger partial charge in [-0.3, -0.25) is 14.4 Å². The van der Waals surface area contributed by atoms with Crippen molar-refractivity contribution in [2.24, 2.45) is 11.8 Å². The van der Waals surface area contributed by atoms with Crippen LogP contribution in [0.5, 0.6) is 23.0 Å². The van der Waals surface area contributed by atoms with Crippen molar-refractivity contribution in [3.63, 3.8) is 0 Å². The lowest BCUT2D eigenvalue weighted by Crippen LogP contribution is -2.15. The predicted octanol–water partition coefficient (Wildman–Crippen LogP) is 15.9. The summed E-state index contributed by atoms with van der Waals surface area (Å²) in [6.07, 6.45) is 4.35. The highest BCUT2D eigenvalue weighted by Crippen LogP contribution is 2.27. The molecule has 0 aliphatic carbocycles. The summed E-state index contributed by atoms with van der Waals surface area (Å²) in [7, 11) is 4.31. The van der Waals surface area contributed by atoms with Crippen molar-refractivity contribution in [1.29, 1.82) is 15.8 Å². The second kappa shape index (κ2) is 45.1. The summed E-state index contributed by atoms with van der Waals surface area (Å²) in [5.41, 5.74) is 6.46. The molecule has 0 radical (unpaired) electrons. The second-order valence-corrected chi connectivity index (χ2v) is 26.1. The van der Waals surface area contributed by atoms with E-state index in [2.05, 4.69) is 77.6 Å². The fourth-order valence-corrected chi connectivity index (χ4v) is 6.66. The molecular weight excluding hydrogens is 1480 g/mol. The number of aromatic hydroxyl groups is 1. The Morgan fingerprint density at radius 2 is 0.956 bits per heavy atom. The van der Waals surface area contributed by atoms with E-state index in [1.165, 1.54) is 94.5 Å². The molecule has 7 rings (SSSR count). The van der Waals surface area contributed by atoms with E-state index in [1.54, 1.807) is 54.6 Å². The summed E-state index contributed by atoms with van der Waals surface area (Å²) < 4.78 is 24.4. The number of amides is 2. The van der Waals surface area contributed by atoms with Crippen LogP contribution in [0.15, 0.2) is 128 Å². The Morgan fingerprint density at radius 1 is 0.582 bits per heavy atom. The number of carbonyl (C=O) groups excluding carboxylic acids is 5. The largest absolute Gasteiger partial charge is 0.507 e. The molecule has 6 N–H and O–H groups in total. The number of pyridine rings is 3. The minimum atomic E-state index is -1.05. The molecular formula is C60H58BBr3Cl5N9O13. The molecule has 0 fully saturated rings. The summed E-state index contributed by atoms with van der Waals surface area (Å²) in [5, 5.41) is 50.5. The van der Waals surface area contributed by atoms with E-state index < -0.39 is 29.2 Å². The van der Waals surface area contributed by atoms with Crippen LogP contribution >= 0.6 is 105 Å². The van der Waals surface area contributed by atoms with Gasteiger partial charge in [-0.25, -0.2) is 29.3 Å². The average Bonchev–Trinajstić information content (AvgIpc) is 3.62. The molecule has 7 aromatic rings. The van der Waals surface area contributed by atoms with Crippen molar-refractivity contribution in [3.05, 3.63) is 187 Å². The summed E-state index contributed by atoms with van der Waals surface area (Å²) in [6, 6.07) is 33.1. The smallest absolute Gasteiger partial charge is 0.403 e. The Hall–Kier alpha value is -8.23. The van der Waals surface area contributed by atoms with Gasteiger partial charge in [0.15, 0.2) is 0 Å². The van der Waals surface area contributed by atoms with Crippen LogP contribution in [0.3, 0.4) is 0 Å². The molecule has 0 unspecified atom stereocenters. The van der Waals surface area contributed by atoms with E-state index in [9.17, 15) is 33.9 Å². The SMILES string of the molecule is BrB(Br)Br.C.CC(C)COC(=O)Cl.COc1ccc(Cl)cc1C(=O)Nc1ccc(C#N)cn1.COc1ccc(Cl)cc1C(=O)O.COc1ccc(Cl)cc1C(=O)OC(=O)CC(C)C.N#Cc1ccc(N)nc1.N#Cc1ccc(NC(=O)c2cc(Cl)ccc2O)nc1. The van der Waals surface area contributed by atoms with Gasteiger partial charge < -0.3 is 50.3 Å². The van der Waals surface area contributed by atoms with Gasteiger partial charge in [0.05, 0.1) is 55.8 Å². The van der Waals surface area contributed by atoms with Gasteiger partial charge in [-0.2, -0.15) is 15.8 Å². The first kappa shape index (κ1) is 82.8. The van der Waals surface area contributed by atoms with Crippen molar-refractivity contribution >= 4 is 161 Å². The van der Waals surface area contributed by atoms with Crippen LogP contribution in [0, 0.1) is 45.8 Å². The number of nitrogens with two attached hydrogens (primary N) is 1. The maximum absolute atomic E-state index is 12.1. The van der Waals surface area contributed by atoms with Gasteiger partial charge in [-0.1, -0.05) is 81.5 Å². The number of nitrogens with one attached hydrogen (secondary N) is 2. The maximum Gasteiger partial charge on any atom is 0.403 e. The van der Waals surface area contributed by atoms with Crippen molar-refractivity contribution in [3.8, 4) is 41.2 Å². The first-order valence-corrected chi connectivity index (χ1v) is 29.8. The van der Waals surface area contributed by atoms with E-state index >= 15 is 0 Å². The van der Waals surface area contributed by atoms with E-state index in [1.807, 2.05) is 45.9 Å². The van der Waals surface area contributed by atoms with Gasteiger partial charge >= 0.3 is 26.5 Å². The lowest BCUT2D eigenvalue weighted by molar-refractivity contribution is -0.138. The number of aromatic nitrogens is 3. The lowest BCUT2D eigenvalue weighted by atomic mass is 10.1. The quantitative estimate of drug-likeness (QED) is 0.0310. The number of rotatable bonds is 13. The summed E-state index contributed by atoms with van der Waals surface area (Å²) >= 11 is 37.2. The molecule has 0 aliphatic rings. The van der Waals surface area contributed by atoms with Crippen LogP contribution in [0.4, 0.5) is 22.2 Å². The molecule has 0 saturated heterocycles. The highest BCUT2D eigenvalue weighted by atomic mass is 79.9. The number of halogens is 8. The highest BCUT2D eigenvalue weighted by molar-refractivity contribution is 9.69. The van der Waals surface area contributed by atoms with E-state index in [-0.39, 0.29) is 57.1 Å². The molecule has 0 spiro atoms. The number of benzene rings is 4. The zero-order valence-corrected chi connectivity index (χ0v) is 57.0. The van der Waals surface area contributed by atoms with Gasteiger partial charge in [-0.05, 0) is 121 Å². The number of phenols is 1. The molecule has 22 nitrogen and oxygen atoms in total. The molecule has 2 amide bonds. The number of nitriles is 3. The van der Waals surface area contributed by atoms with Gasteiger partial charge in [0.25, 0.3) is 11.8 Å². The zero-order chi connectivity index (χ0) is 68.0. The number of hydrogen-bond acceptors (Lipinski definition) is 19. The number of nitrogen functional groups attached to an aromatic ring is 1. The lowest BCUT2D eigenvalue weighted by Gasteiger charge is -2.09. The molecule has 0 bridgehead atoms. The van der Waals surface area contributed by atoms with E-state index in [0.717, 1.165) is 0 Å². The van der Waals surface area contributed by atoms with Crippen molar-refractivity contribution in [1.82, 2.24) is 15.0 Å². The van der Waals surface area contributed by atoms with Crippen LogP contribution in [-0.2, 0) is 14.3 Å². The number of esters is 2. The number of ether oxygens (including phenoxy) is 5. The van der Waals surface area contributed by atoms with Gasteiger partial charge in [0.1, 0.15) is 69.8 Å². The monoisotopic (exact) mass is 1540 g/mol. The minimum Gasteiger partial charge on any atom is -0.507 e. The Kier molecular flexibility index (Phi) is 41.0. The second-order valence-electron chi connectivity index (χ2n) is 17.6. The number of nitrogens with zero attached hydrogens (tertiary/aromatic N) is 6. The molecule has 3 heterocycles. The number of carboxylic acids is 1. The zero-order valence-electron chi connectivity index (χ0n) is 48.4. The van der Waals surface area contributed by atoms with Crippen molar-refractivity contribution < 1.29 is 62.7 Å². The summed E-state index contributed by atoms with van der Waals surface area (Å²) in [5.74, 6) is -0.840. The van der Waals surface area contributed by atoms with Crippen LogP contribution in [0.2, 0.25) is 20.1 Å². The van der Waals surface area contributed by atoms with Gasteiger partial charge in [-0.15, -0.1) is 47.3 Å². The van der Waals surface area contributed by atoms with Crippen LogP contribution in [0.25, 0.3) is 0 Å². The Bertz CT molecular complexity index is 3640.